The first-order chi connectivity index (χ1) is 18.0. The number of hydrogen-bond donors (Lipinski definition) is 4. The average Bonchev–Trinajstić information content (AvgIpc) is 3.54. The summed E-state index contributed by atoms with van der Waals surface area (Å²) in [6, 6.07) is 17.2. The van der Waals surface area contributed by atoms with Gasteiger partial charge in [-0.2, -0.15) is 10.1 Å². The molecule has 38 heavy (non-hydrogen) atoms. The fraction of sp³-hybridized carbons (Fsp3) is 0.185. The first-order valence-corrected chi connectivity index (χ1v) is 13.1. The molecule has 4 amide bonds. The fourth-order valence-corrected chi connectivity index (χ4v) is 5.30. The molecule has 6 N–H and O–H groups in total. The number of nitrogens with zero attached hydrogens (tertiary/aromatic N) is 2. The average molecular weight is 555 g/mol. The molecule has 4 rings (SSSR count). The third kappa shape index (κ3) is 7.77. The molecule has 2 aromatic carbocycles. The number of urea groups is 2. The van der Waals surface area contributed by atoms with Crippen molar-refractivity contribution >= 4 is 44.8 Å². The number of carbonyl (C=O) groups excluding carboxylic acids is 2. The summed E-state index contributed by atoms with van der Waals surface area (Å²) in [5.74, 6) is 5.39. The van der Waals surface area contributed by atoms with Crippen LogP contribution in [-0.2, 0) is 6.42 Å². The Bertz CT molecular complexity index is 1430. The minimum absolute atomic E-state index is 0.251. The van der Waals surface area contributed by atoms with Gasteiger partial charge in [-0.05, 0) is 61.2 Å². The molecule has 0 saturated carbocycles. The van der Waals surface area contributed by atoms with E-state index in [0.717, 1.165) is 30.3 Å². The Kier molecular flexibility index (Phi) is 9.81. The molecule has 2 aromatic heterocycles. The zero-order chi connectivity index (χ0) is 27.8. The van der Waals surface area contributed by atoms with Gasteiger partial charge in [0.25, 0.3) is 0 Å². The number of halogens is 1. The maximum atomic E-state index is 12.9. The number of thiophene rings is 2. The predicted molar refractivity (Wildman–Crippen MR) is 147 cm³/mol. The molecule has 0 bridgehead atoms. The Balaban J connectivity index is 0.000000221. The van der Waals surface area contributed by atoms with E-state index in [-0.39, 0.29) is 5.82 Å². The van der Waals surface area contributed by atoms with Crippen LogP contribution < -0.4 is 11.5 Å². The second-order valence-corrected chi connectivity index (χ2v) is 10.5. The zero-order valence-electron chi connectivity index (χ0n) is 20.7. The molecule has 11 heteroatoms. The van der Waals surface area contributed by atoms with Gasteiger partial charge in [0.05, 0.1) is 10.9 Å². The molecular weight excluding hydrogens is 527 g/mol. The zero-order valence-corrected chi connectivity index (χ0v) is 22.3. The van der Waals surface area contributed by atoms with Crippen molar-refractivity contribution in [3.8, 4) is 11.8 Å². The van der Waals surface area contributed by atoms with Crippen LogP contribution >= 0.6 is 22.7 Å². The first-order valence-electron chi connectivity index (χ1n) is 11.4. The molecule has 4 aromatic rings. The highest BCUT2D eigenvalue weighted by atomic mass is 32.1. The number of nitrogens with two attached hydrogens (primary N) is 2. The van der Waals surface area contributed by atoms with Gasteiger partial charge in [0.1, 0.15) is 11.9 Å². The summed E-state index contributed by atoms with van der Waals surface area (Å²) >= 11 is 3.05. The number of amides is 4. The maximum absolute atomic E-state index is 12.9. The fourth-order valence-electron chi connectivity index (χ4n) is 3.29. The highest BCUT2D eigenvalue weighted by Crippen LogP contribution is 2.31. The van der Waals surface area contributed by atoms with Crippen molar-refractivity contribution in [1.29, 1.82) is 0 Å². The Hall–Kier alpha value is -3.95. The maximum Gasteiger partial charge on any atom is 0.339 e. The lowest BCUT2D eigenvalue weighted by molar-refractivity contribution is -0.0700. The van der Waals surface area contributed by atoms with Gasteiger partial charge >= 0.3 is 12.1 Å². The summed E-state index contributed by atoms with van der Waals surface area (Å²) in [5.41, 5.74) is 11.0. The van der Waals surface area contributed by atoms with Gasteiger partial charge in [-0.25, -0.2) is 14.0 Å². The summed E-state index contributed by atoms with van der Waals surface area (Å²) in [5, 5.41) is 20.8. The summed E-state index contributed by atoms with van der Waals surface area (Å²) in [6.45, 7) is 3.31. The molecule has 0 spiro atoms. The van der Waals surface area contributed by atoms with Crippen LogP contribution in [0.3, 0.4) is 0 Å². The SMILES string of the molecule is CC(c1cc2ccccc2s1)N(O)C(N)=O.C[C@H](C#Cc1ccc(Cc2ccc(F)cc2)s1)N(O)C(N)=O. The molecule has 2 heterocycles. The molecule has 1 unspecified atom stereocenters. The molecule has 0 saturated heterocycles. The van der Waals surface area contributed by atoms with Crippen LogP contribution in [0.15, 0.2) is 66.7 Å². The number of rotatable bonds is 5. The smallest absolute Gasteiger partial charge is 0.339 e. The second kappa shape index (κ2) is 13.0. The highest BCUT2D eigenvalue weighted by Gasteiger charge is 2.19. The molecule has 8 nitrogen and oxygen atoms in total. The molecule has 0 fully saturated rings. The first kappa shape index (κ1) is 28.6. The Morgan fingerprint density at radius 3 is 2.24 bits per heavy atom. The summed E-state index contributed by atoms with van der Waals surface area (Å²) in [4.78, 5) is 24.4. The van der Waals surface area contributed by atoms with Crippen LogP contribution in [0.5, 0.6) is 0 Å². The number of benzene rings is 2. The van der Waals surface area contributed by atoms with Gasteiger partial charge in [-0.1, -0.05) is 42.2 Å². The molecule has 0 aliphatic rings. The van der Waals surface area contributed by atoms with E-state index in [9.17, 15) is 24.4 Å². The molecule has 0 aliphatic carbocycles. The van der Waals surface area contributed by atoms with Crippen LogP contribution in [-0.4, -0.2) is 38.6 Å². The Morgan fingerprint density at radius 1 is 0.947 bits per heavy atom. The van der Waals surface area contributed by atoms with Gasteiger partial charge in [0.2, 0.25) is 0 Å². The van der Waals surface area contributed by atoms with Crippen LogP contribution in [0.1, 0.15) is 40.1 Å². The van der Waals surface area contributed by atoms with Crippen molar-refractivity contribution in [2.75, 3.05) is 0 Å². The van der Waals surface area contributed by atoms with Gasteiger partial charge in [-0.3, -0.25) is 10.4 Å². The number of hydroxylamine groups is 4. The van der Waals surface area contributed by atoms with Crippen LogP contribution in [0.4, 0.5) is 14.0 Å². The third-order valence-electron chi connectivity index (χ3n) is 5.40. The summed E-state index contributed by atoms with van der Waals surface area (Å²) < 4.78 is 14.0. The van der Waals surface area contributed by atoms with Crippen molar-refractivity contribution in [3.63, 3.8) is 0 Å². The third-order valence-corrected chi connectivity index (χ3v) is 7.69. The lowest BCUT2D eigenvalue weighted by Crippen LogP contribution is -2.38. The van der Waals surface area contributed by atoms with Crippen LogP contribution in [0, 0.1) is 17.7 Å². The number of primary amides is 2. The van der Waals surface area contributed by atoms with E-state index >= 15 is 0 Å². The number of carbonyl (C=O) groups is 2. The van der Waals surface area contributed by atoms with Crippen molar-refractivity contribution in [3.05, 3.63) is 92.7 Å². The Labute approximate surface area is 227 Å². The second-order valence-electron chi connectivity index (χ2n) is 8.24. The Morgan fingerprint density at radius 2 is 1.61 bits per heavy atom. The predicted octanol–water partition coefficient (Wildman–Crippen LogP) is 5.72. The number of hydrogen-bond acceptors (Lipinski definition) is 6. The largest absolute Gasteiger partial charge is 0.350 e. The topological polar surface area (TPSA) is 133 Å². The standard InChI is InChI=1S/C16H15FN2O2S.C11H12N2O2S/c1-11(19(21)16(18)20)2-7-14-8-9-15(22-14)10-12-3-5-13(17)6-4-12;1-7(13(15)11(12)14)10-6-8-4-2-3-5-9(8)16-10/h3-6,8-9,11,21H,10H2,1H3,(H2,18,20);2-7,15H,1H3,(H2,12,14)/t11-;/m1./s1. The van der Waals surface area contributed by atoms with Crippen molar-refractivity contribution in [2.24, 2.45) is 11.5 Å². The van der Waals surface area contributed by atoms with Gasteiger partial charge in [0, 0.05) is 20.9 Å². The minimum atomic E-state index is -0.940. The van der Waals surface area contributed by atoms with Crippen molar-refractivity contribution in [2.45, 2.75) is 32.4 Å². The van der Waals surface area contributed by atoms with E-state index in [1.807, 2.05) is 42.5 Å². The lowest BCUT2D eigenvalue weighted by atomic mass is 10.1. The quantitative estimate of drug-likeness (QED) is 0.143. The van der Waals surface area contributed by atoms with Gasteiger partial charge in [0.15, 0.2) is 0 Å². The lowest BCUT2D eigenvalue weighted by Gasteiger charge is -2.18. The summed E-state index contributed by atoms with van der Waals surface area (Å²) in [7, 11) is 0. The molecule has 198 valence electrons. The van der Waals surface area contributed by atoms with E-state index in [4.69, 9.17) is 11.5 Å². The van der Waals surface area contributed by atoms with E-state index in [0.29, 0.717) is 16.5 Å². The molecule has 2 atom stereocenters. The van der Waals surface area contributed by atoms with E-state index < -0.39 is 24.1 Å². The van der Waals surface area contributed by atoms with Gasteiger partial charge < -0.3 is 11.5 Å². The van der Waals surface area contributed by atoms with E-state index in [1.165, 1.54) is 23.5 Å². The van der Waals surface area contributed by atoms with E-state index in [1.54, 1.807) is 37.3 Å². The van der Waals surface area contributed by atoms with E-state index in [2.05, 4.69) is 11.8 Å². The van der Waals surface area contributed by atoms with Crippen molar-refractivity contribution < 1.29 is 24.4 Å². The van der Waals surface area contributed by atoms with Crippen LogP contribution in [0.2, 0.25) is 0 Å². The van der Waals surface area contributed by atoms with Crippen molar-refractivity contribution in [1.82, 2.24) is 10.1 Å². The number of fused-ring (bicyclic) bond motifs is 1. The molecule has 0 radical (unpaired) electrons. The van der Waals surface area contributed by atoms with Crippen LogP contribution in [0.25, 0.3) is 10.1 Å². The minimum Gasteiger partial charge on any atom is -0.350 e. The monoisotopic (exact) mass is 554 g/mol. The molecule has 0 aliphatic heterocycles. The normalized spacial score (nSPS) is 11.9. The highest BCUT2D eigenvalue weighted by molar-refractivity contribution is 7.19. The molecular formula is C27H27FN4O4S2. The summed E-state index contributed by atoms with van der Waals surface area (Å²) in [6.07, 6.45) is 0.704. The van der Waals surface area contributed by atoms with Gasteiger partial charge in [-0.15, -0.1) is 22.7 Å².